The maximum atomic E-state index is 9.48. The number of imidazole rings is 1. The summed E-state index contributed by atoms with van der Waals surface area (Å²) in [7, 11) is 0. The SMILES string of the molecule is CCCc1[nH]c(C2CC2C)nc1O. The first-order valence-electron chi connectivity index (χ1n) is 5.00. The summed E-state index contributed by atoms with van der Waals surface area (Å²) < 4.78 is 0. The fourth-order valence-corrected chi connectivity index (χ4v) is 1.72. The van der Waals surface area contributed by atoms with Crippen LogP contribution < -0.4 is 0 Å². The van der Waals surface area contributed by atoms with Gasteiger partial charge in [-0.15, -0.1) is 0 Å². The van der Waals surface area contributed by atoms with Crippen molar-refractivity contribution in [2.24, 2.45) is 5.92 Å². The summed E-state index contributed by atoms with van der Waals surface area (Å²) in [6, 6.07) is 0. The van der Waals surface area contributed by atoms with E-state index < -0.39 is 0 Å². The predicted octanol–water partition coefficient (Wildman–Crippen LogP) is 2.19. The van der Waals surface area contributed by atoms with Gasteiger partial charge in [0.2, 0.25) is 5.88 Å². The third-order valence-corrected chi connectivity index (χ3v) is 2.74. The van der Waals surface area contributed by atoms with Crippen LogP contribution in [0.25, 0.3) is 0 Å². The van der Waals surface area contributed by atoms with Crippen molar-refractivity contribution < 1.29 is 5.11 Å². The monoisotopic (exact) mass is 180 g/mol. The lowest BCUT2D eigenvalue weighted by molar-refractivity contribution is 0.448. The smallest absolute Gasteiger partial charge is 0.232 e. The quantitative estimate of drug-likeness (QED) is 0.749. The van der Waals surface area contributed by atoms with Gasteiger partial charge in [-0.2, -0.15) is 4.98 Å². The van der Waals surface area contributed by atoms with Gasteiger partial charge in [0.05, 0.1) is 5.69 Å². The Bertz CT molecular complexity index is 306. The van der Waals surface area contributed by atoms with E-state index in [9.17, 15) is 5.11 Å². The number of aryl methyl sites for hydroxylation is 1. The van der Waals surface area contributed by atoms with Gasteiger partial charge in [0.25, 0.3) is 0 Å². The zero-order valence-electron chi connectivity index (χ0n) is 8.17. The Hall–Kier alpha value is -0.990. The van der Waals surface area contributed by atoms with Crippen LogP contribution in [0.2, 0.25) is 0 Å². The van der Waals surface area contributed by atoms with Crippen molar-refractivity contribution in [1.29, 1.82) is 0 Å². The van der Waals surface area contributed by atoms with Crippen molar-refractivity contribution in [1.82, 2.24) is 9.97 Å². The average Bonchev–Trinajstić information content (AvgIpc) is 2.69. The molecule has 1 aromatic rings. The molecule has 2 N–H and O–H groups in total. The highest BCUT2D eigenvalue weighted by molar-refractivity contribution is 5.23. The molecule has 1 aliphatic carbocycles. The van der Waals surface area contributed by atoms with Crippen LogP contribution in [-0.4, -0.2) is 15.1 Å². The molecule has 3 nitrogen and oxygen atoms in total. The molecule has 1 fully saturated rings. The highest BCUT2D eigenvalue weighted by Gasteiger charge is 2.37. The lowest BCUT2D eigenvalue weighted by atomic mass is 10.3. The summed E-state index contributed by atoms with van der Waals surface area (Å²) in [5.41, 5.74) is 0.900. The van der Waals surface area contributed by atoms with Gasteiger partial charge in [-0.3, -0.25) is 0 Å². The summed E-state index contributed by atoms with van der Waals surface area (Å²) in [4.78, 5) is 7.36. The molecule has 0 amide bonds. The van der Waals surface area contributed by atoms with E-state index in [4.69, 9.17) is 0 Å². The Kier molecular flexibility index (Phi) is 2.02. The van der Waals surface area contributed by atoms with Gasteiger partial charge in [0, 0.05) is 5.92 Å². The third-order valence-electron chi connectivity index (χ3n) is 2.74. The molecular formula is C10H16N2O. The van der Waals surface area contributed by atoms with Gasteiger partial charge in [-0.05, 0) is 18.8 Å². The molecule has 1 heterocycles. The summed E-state index contributed by atoms with van der Waals surface area (Å²) in [5.74, 6) is 2.49. The summed E-state index contributed by atoms with van der Waals surface area (Å²) in [5, 5.41) is 9.48. The lowest BCUT2D eigenvalue weighted by Crippen LogP contribution is -1.86. The van der Waals surface area contributed by atoms with Crippen LogP contribution in [0.3, 0.4) is 0 Å². The maximum absolute atomic E-state index is 9.48. The number of hydrogen-bond donors (Lipinski definition) is 2. The second-order valence-corrected chi connectivity index (χ2v) is 3.99. The first kappa shape index (κ1) is 8.60. The van der Waals surface area contributed by atoms with Crippen LogP contribution >= 0.6 is 0 Å². The Morgan fingerprint density at radius 3 is 2.85 bits per heavy atom. The molecule has 0 aliphatic heterocycles. The molecule has 2 rings (SSSR count). The van der Waals surface area contributed by atoms with Crippen molar-refractivity contribution in [2.75, 3.05) is 0 Å². The normalized spacial score (nSPS) is 26.3. The zero-order valence-corrected chi connectivity index (χ0v) is 8.17. The summed E-state index contributed by atoms with van der Waals surface area (Å²) >= 11 is 0. The van der Waals surface area contributed by atoms with Crippen LogP contribution in [0.4, 0.5) is 0 Å². The maximum Gasteiger partial charge on any atom is 0.232 e. The number of nitrogens with zero attached hydrogens (tertiary/aromatic N) is 1. The Morgan fingerprint density at radius 1 is 1.62 bits per heavy atom. The van der Waals surface area contributed by atoms with E-state index in [0.29, 0.717) is 5.92 Å². The van der Waals surface area contributed by atoms with Crippen molar-refractivity contribution in [3.8, 4) is 5.88 Å². The minimum Gasteiger partial charge on any atom is -0.492 e. The Labute approximate surface area is 78.2 Å². The molecule has 0 spiro atoms. The van der Waals surface area contributed by atoms with Gasteiger partial charge < -0.3 is 10.1 Å². The molecule has 2 unspecified atom stereocenters. The Morgan fingerprint density at radius 2 is 2.31 bits per heavy atom. The third kappa shape index (κ3) is 1.55. The zero-order chi connectivity index (χ0) is 9.42. The van der Waals surface area contributed by atoms with Gasteiger partial charge >= 0.3 is 0 Å². The van der Waals surface area contributed by atoms with Gasteiger partial charge in [0.15, 0.2) is 0 Å². The summed E-state index contributed by atoms with van der Waals surface area (Å²) in [6.45, 7) is 4.31. The number of hydrogen-bond acceptors (Lipinski definition) is 2. The van der Waals surface area contributed by atoms with Crippen LogP contribution in [0.1, 0.15) is 44.1 Å². The van der Waals surface area contributed by atoms with Crippen LogP contribution in [-0.2, 0) is 6.42 Å². The van der Waals surface area contributed by atoms with Crippen molar-refractivity contribution >= 4 is 0 Å². The number of H-pyrrole nitrogens is 1. The number of nitrogens with one attached hydrogen (secondary N) is 1. The van der Waals surface area contributed by atoms with Gasteiger partial charge in [0.1, 0.15) is 5.82 Å². The lowest BCUT2D eigenvalue weighted by Gasteiger charge is -1.92. The van der Waals surface area contributed by atoms with Crippen molar-refractivity contribution in [3.05, 3.63) is 11.5 Å². The van der Waals surface area contributed by atoms with Crippen molar-refractivity contribution in [2.45, 2.75) is 39.0 Å². The molecule has 0 bridgehead atoms. The molecule has 0 saturated heterocycles. The van der Waals surface area contributed by atoms with Gasteiger partial charge in [-0.25, -0.2) is 0 Å². The Balaban J connectivity index is 2.15. The largest absolute Gasteiger partial charge is 0.492 e. The van der Waals surface area contributed by atoms with E-state index in [1.54, 1.807) is 0 Å². The fraction of sp³-hybridized carbons (Fsp3) is 0.700. The van der Waals surface area contributed by atoms with Gasteiger partial charge in [-0.1, -0.05) is 20.3 Å². The first-order valence-corrected chi connectivity index (χ1v) is 5.00. The van der Waals surface area contributed by atoms with Crippen LogP contribution in [0.5, 0.6) is 5.88 Å². The van der Waals surface area contributed by atoms with E-state index in [1.807, 2.05) is 0 Å². The first-order chi connectivity index (χ1) is 6.22. The second-order valence-electron chi connectivity index (χ2n) is 3.99. The number of aromatic amines is 1. The van der Waals surface area contributed by atoms with E-state index in [1.165, 1.54) is 6.42 Å². The highest BCUT2D eigenvalue weighted by Crippen LogP contribution is 2.46. The van der Waals surface area contributed by atoms with E-state index in [-0.39, 0.29) is 5.88 Å². The molecule has 3 heteroatoms. The molecule has 1 aromatic heterocycles. The molecule has 0 aromatic carbocycles. The number of aromatic hydroxyl groups is 1. The predicted molar refractivity (Wildman–Crippen MR) is 50.8 cm³/mol. The standard InChI is InChI=1S/C10H16N2O/c1-3-4-8-10(13)12-9(11-8)7-5-6(7)2/h6-7,13H,3-5H2,1-2H3,(H,11,12). The van der Waals surface area contributed by atoms with E-state index >= 15 is 0 Å². The van der Waals surface area contributed by atoms with Crippen LogP contribution in [0, 0.1) is 5.92 Å². The van der Waals surface area contributed by atoms with E-state index in [0.717, 1.165) is 30.3 Å². The molecular weight excluding hydrogens is 164 g/mol. The minimum atomic E-state index is 0.205. The summed E-state index contributed by atoms with van der Waals surface area (Å²) in [6.07, 6.45) is 3.13. The molecule has 0 radical (unpaired) electrons. The molecule has 1 aliphatic rings. The molecule has 72 valence electrons. The molecule has 2 atom stereocenters. The minimum absolute atomic E-state index is 0.205. The van der Waals surface area contributed by atoms with E-state index in [2.05, 4.69) is 23.8 Å². The highest BCUT2D eigenvalue weighted by atomic mass is 16.3. The number of aromatic nitrogens is 2. The second kappa shape index (κ2) is 3.05. The molecule has 13 heavy (non-hydrogen) atoms. The average molecular weight is 180 g/mol. The van der Waals surface area contributed by atoms with Crippen LogP contribution in [0.15, 0.2) is 0 Å². The fourth-order valence-electron chi connectivity index (χ4n) is 1.72. The van der Waals surface area contributed by atoms with Crippen molar-refractivity contribution in [3.63, 3.8) is 0 Å². The molecule has 1 saturated carbocycles. The number of rotatable bonds is 3. The topological polar surface area (TPSA) is 48.9 Å².